The minimum absolute atomic E-state index is 0.0164. The molecule has 1 atom stereocenters. The molecule has 0 unspecified atom stereocenters. The van der Waals surface area contributed by atoms with Gasteiger partial charge < -0.3 is 15.5 Å². The number of hydrogen-bond donors (Lipinski definition) is 3. The average molecular weight is 512 g/mol. The van der Waals surface area contributed by atoms with E-state index in [9.17, 15) is 36.3 Å². The molecule has 0 spiro atoms. The maximum Gasteiger partial charge on any atom is 0.426 e. The van der Waals surface area contributed by atoms with Crippen molar-refractivity contribution in [2.45, 2.75) is 40.3 Å². The zero-order chi connectivity index (χ0) is 24.5. The molecule has 2 rings (SSSR count). The first-order chi connectivity index (χ1) is 14.6. The molecule has 174 valence electrons. The largest absolute Gasteiger partial charge is 0.478 e. The van der Waals surface area contributed by atoms with Crippen LogP contribution in [0.15, 0.2) is 51.1 Å². The highest BCUT2D eigenvalue weighted by Gasteiger charge is 2.55. The summed E-state index contributed by atoms with van der Waals surface area (Å²) in [6.07, 6.45) is -5.27. The monoisotopic (exact) mass is 511 g/mol. The summed E-state index contributed by atoms with van der Waals surface area (Å²) in [5.41, 5.74) is -4.08. The van der Waals surface area contributed by atoms with E-state index in [0.29, 0.717) is 4.90 Å². The molecule has 13 heteroatoms. The van der Waals surface area contributed by atoms with Crippen LogP contribution >= 0.6 is 23.4 Å². The molecule has 0 aromatic heterocycles. The van der Waals surface area contributed by atoms with Crippen LogP contribution < -0.4 is 5.32 Å². The minimum Gasteiger partial charge on any atom is -0.478 e. The molecule has 7 nitrogen and oxygen atoms in total. The molecular weight excluding hydrogens is 495 g/mol. The van der Waals surface area contributed by atoms with Crippen LogP contribution in [0.5, 0.6) is 0 Å². The average Bonchev–Trinajstić information content (AvgIpc) is 2.70. The van der Waals surface area contributed by atoms with Gasteiger partial charge in [0.15, 0.2) is 9.84 Å². The number of sulfone groups is 1. The van der Waals surface area contributed by atoms with Crippen molar-refractivity contribution in [1.82, 2.24) is 0 Å². The molecule has 0 bridgehead atoms. The number of aliphatic hydroxyl groups is 1. The van der Waals surface area contributed by atoms with Crippen LogP contribution in [0.25, 0.3) is 0 Å². The molecule has 2 aromatic rings. The lowest BCUT2D eigenvalue weighted by Gasteiger charge is -2.25. The van der Waals surface area contributed by atoms with Crippen LogP contribution in [0, 0.1) is 0 Å². The second-order valence-electron chi connectivity index (χ2n) is 6.61. The molecule has 0 radical (unpaired) electrons. The summed E-state index contributed by atoms with van der Waals surface area (Å²) in [5, 5.41) is 20.0. The number of carboxylic acid groups (broad SMARTS) is 1. The third-order valence-electron chi connectivity index (χ3n) is 4.34. The summed E-state index contributed by atoms with van der Waals surface area (Å²) in [7, 11) is -3.83. The number of amides is 1. The van der Waals surface area contributed by atoms with Crippen molar-refractivity contribution < 1.29 is 41.4 Å². The fourth-order valence-corrected chi connectivity index (χ4v) is 5.02. The molecule has 0 aliphatic heterocycles. The number of alkyl halides is 3. The van der Waals surface area contributed by atoms with E-state index in [1.807, 2.05) is 5.32 Å². The van der Waals surface area contributed by atoms with Gasteiger partial charge in [-0.2, -0.15) is 13.2 Å². The van der Waals surface area contributed by atoms with Gasteiger partial charge in [-0.05, 0) is 43.3 Å². The smallest absolute Gasteiger partial charge is 0.426 e. The van der Waals surface area contributed by atoms with Crippen molar-refractivity contribution in [3.05, 3.63) is 47.0 Å². The van der Waals surface area contributed by atoms with Crippen LogP contribution in [0.4, 0.5) is 18.9 Å². The number of hydrogen-bond acceptors (Lipinski definition) is 6. The molecule has 0 aliphatic rings. The Kier molecular flexibility index (Phi) is 7.55. The van der Waals surface area contributed by atoms with E-state index in [1.165, 1.54) is 31.2 Å². The predicted molar refractivity (Wildman–Crippen MR) is 112 cm³/mol. The Balaban J connectivity index is 2.55. The van der Waals surface area contributed by atoms with Crippen molar-refractivity contribution in [3.8, 4) is 0 Å². The van der Waals surface area contributed by atoms with E-state index in [-0.39, 0.29) is 38.7 Å². The Morgan fingerprint density at radius 1 is 1.12 bits per heavy atom. The first-order valence-electron chi connectivity index (χ1n) is 8.78. The zero-order valence-electron chi connectivity index (χ0n) is 16.5. The van der Waals surface area contributed by atoms with E-state index in [2.05, 4.69) is 0 Å². The van der Waals surface area contributed by atoms with Crippen molar-refractivity contribution in [1.29, 1.82) is 0 Å². The molecule has 32 heavy (non-hydrogen) atoms. The van der Waals surface area contributed by atoms with Crippen LogP contribution in [0.1, 0.15) is 24.2 Å². The Labute approximate surface area is 190 Å². The van der Waals surface area contributed by atoms with Crippen molar-refractivity contribution in [2.24, 2.45) is 0 Å². The summed E-state index contributed by atoms with van der Waals surface area (Å²) in [6, 6.07) is 7.44. The Hall–Kier alpha value is -2.28. The number of halogens is 4. The normalized spacial score (nSPS) is 14.0. The number of nitrogens with one attached hydrogen (secondary N) is 1. The van der Waals surface area contributed by atoms with Crippen molar-refractivity contribution >= 4 is 50.8 Å². The summed E-state index contributed by atoms with van der Waals surface area (Å²) in [4.78, 5) is 23.1. The number of aromatic carboxylic acids is 1. The Morgan fingerprint density at radius 3 is 2.16 bits per heavy atom. The van der Waals surface area contributed by atoms with Gasteiger partial charge in [0.25, 0.3) is 5.91 Å². The lowest BCUT2D eigenvalue weighted by Crippen LogP contribution is -2.52. The van der Waals surface area contributed by atoms with Gasteiger partial charge in [-0.25, -0.2) is 13.2 Å². The van der Waals surface area contributed by atoms with Crippen LogP contribution in [-0.4, -0.2) is 48.0 Å². The summed E-state index contributed by atoms with van der Waals surface area (Å²) < 4.78 is 63.8. The maximum atomic E-state index is 12.9. The van der Waals surface area contributed by atoms with Crippen LogP contribution in [0.2, 0.25) is 5.02 Å². The number of carbonyl (C=O) groups is 2. The molecule has 0 heterocycles. The van der Waals surface area contributed by atoms with Gasteiger partial charge >= 0.3 is 12.1 Å². The Morgan fingerprint density at radius 2 is 1.69 bits per heavy atom. The number of benzene rings is 2. The molecule has 0 saturated carbocycles. The first kappa shape index (κ1) is 26.0. The Bertz CT molecular complexity index is 1150. The SMILES string of the molecule is CCS(=O)(=O)c1ccc(NC(=O)[C@@](C)(O)C(F)(F)F)c(Cl)c1Sc1ccc(C(=O)O)cc1. The second-order valence-corrected chi connectivity index (χ2v) is 10.3. The van der Waals surface area contributed by atoms with Crippen molar-refractivity contribution in [2.75, 3.05) is 11.1 Å². The standard InChI is InChI=1S/C19H17ClF3NO6S2/c1-3-32(29,30)13-9-8-12(24-17(27)18(2,28)19(21,22)23)14(20)15(13)31-11-6-4-10(5-7-11)16(25)26/h4-9,28H,3H2,1-2H3,(H,24,27)(H,25,26)/t18-/m1/s1. The fourth-order valence-electron chi connectivity index (χ4n) is 2.29. The van der Waals surface area contributed by atoms with Crippen LogP contribution in [0.3, 0.4) is 0 Å². The third kappa shape index (κ3) is 5.37. The second kappa shape index (κ2) is 9.30. The third-order valence-corrected chi connectivity index (χ3v) is 7.88. The number of carbonyl (C=O) groups excluding carboxylic acids is 1. The highest BCUT2D eigenvalue weighted by Crippen LogP contribution is 2.43. The summed E-state index contributed by atoms with van der Waals surface area (Å²) >= 11 is 7.08. The zero-order valence-corrected chi connectivity index (χ0v) is 18.9. The molecule has 1 amide bonds. The van der Waals surface area contributed by atoms with Gasteiger partial charge in [-0.1, -0.05) is 30.3 Å². The van der Waals surface area contributed by atoms with Gasteiger partial charge in [-0.3, -0.25) is 4.79 Å². The molecule has 3 N–H and O–H groups in total. The van der Waals surface area contributed by atoms with E-state index in [0.717, 1.165) is 23.9 Å². The minimum atomic E-state index is -5.27. The van der Waals surface area contributed by atoms with E-state index >= 15 is 0 Å². The molecule has 0 fully saturated rings. The van der Waals surface area contributed by atoms with Gasteiger partial charge in [0.05, 0.1) is 31.8 Å². The van der Waals surface area contributed by atoms with E-state index in [1.54, 1.807) is 0 Å². The van der Waals surface area contributed by atoms with Gasteiger partial charge in [0, 0.05) is 4.90 Å². The predicted octanol–water partition coefficient (Wildman–Crippen LogP) is 4.23. The lowest BCUT2D eigenvalue weighted by atomic mass is 10.1. The first-order valence-corrected chi connectivity index (χ1v) is 11.6. The van der Waals surface area contributed by atoms with Gasteiger partial charge in [0.2, 0.25) is 5.60 Å². The molecule has 2 aromatic carbocycles. The van der Waals surface area contributed by atoms with Crippen molar-refractivity contribution in [3.63, 3.8) is 0 Å². The maximum absolute atomic E-state index is 12.9. The summed E-state index contributed by atoms with van der Waals surface area (Å²) in [5.74, 6) is -3.28. The van der Waals surface area contributed by atoms with E-state index in [4.69, 9.17) is 16.7 Å². The summed E-state index contributed by atoms with van der Waals surface area (Å²) in [6.45, 7) is 1.65. The van der Waals surface area contributed by atoms with Crippen LogP contribution in [-0.2, 0) is 14.6 Å². The van der Waals surface area contributed by atoms with Gasteiger partial charge in [0.1, 0.15) is 0 Å². The molecule has 0 saturated heterocycles. The van der Waals surface area contributed by atoms with E-state index < -0.39 is 33.5 Å². The topological polar surface area (TPSA) is 121 Å². The van der Waals surface area contributed by atoms with Gasteiger partial charge in [-0.15, -0.1) is 0 Å². The highest BCUT2D eigenvalue weighted by atomic mass is 35.5. The number of anilines is 1. The number of rotatable bonds is 7. The quantitative estimate of drug-likeness (QED) is 0.508. The molecular formula is C19H17ClF3NO6S2. The highest BCUT2D eigenvalue weighted by molar-refractivity contribution is 8.00. The lowest BCUT2D eigenvalue weighted by molar-refractivity contribution is -0.242. The molecule has 0 aliphatic carbocycles. The number of carboxylic acids is 1. The fraction of sp³-hybridized carbons (Fsp3) is 0.263.